The summed E-state index contributed by atoms with van der Waals surface area (Å²) in [5, 5.41) is 5.95. The fourth-order valence-electron chi connectivity index (χ4n) is 9.12. The molecule has 4 aliphatic heterocycles. The van der Waals surface area contributed by atoms with E-state index in [-0.39, 0.29) is 42.4 Å². The Bertz CT molecular complexity index is 2610. The Labute approximate surface area is 381 Å². The molecule has 2 N–H and O–H groups in total. The minimum Gasteiger partial charge on any atom is -0.495 e. The molecule has 5 aromatic rings. The number of methoxy groups -OCH3 is 1. The number of hydrogen-bond donors (Lipinski definition) is 2. The van der Waals surface area contributed by atoms with Crippen molar-refractivity contribution in [3.8, 4) is 17.2 Å². The van der Waals surface area contributed by atoms with Crippen molar-refractivity contribution in [3.05, 3.63) is 136 Å². The molecule has 1 atom stereocenters. The van der Waals surface area contributed by atoms with Crippen LogP contribution in [0.3, 0.4) is 0 Å². The van der Waals surface area contributed by atoms with Gasteiger partial charge in [-0.2, -0.15) is 0 Å². The number of fused-ring (bicyclic) bond motifs is 1. The summed E-state index contributed by atoms with van der Waals surface area (Å²) in [5.41, 5.74) is 4.70. The minimum atomic E-state index is -0.542. The minimum absolute atomic E-state index is 0.00748. The topological polar surface area (TPSA) is 167 Å². The van der Waals surface area contributed by atoms with Gasteiger partial charge in [0.15, 0.2) is 5.78 Å². The number of nitrogens with one attached hydrogen (secondary N) is 2. The monoisotopic (exact) mass is 896 g/mol. The molecule has 0 saturated carbocycles. The van der Waals surface area contributed by atoms with Crippen LogP contribution in [-0.4, -0.2) is 114 Å². The number of piperidine rings is 1. The number of carbonyl (C=O) groups is 5. The molecular weight excluding hydrogens is 848 g/mol. The third kappa shape index (κ3) is 9.52. The Morgan fingerprint density at radius 3 is 2.23 bits per heavy atom. The van der Waals surface area contributed by atoms with Crippen molar-refractivity contribution in [2.75, 3.05) is 69.7 Å². The Morgan fingerprint density at radius 1 is 0.785 bits per heavy atom. The summed E-state index contributed by atoms with van der Waals surface area (Å²) in [6.45, 7) is 4.99. The molecule has 5 amide bonds. The predicted molar refractivity (Wildman–Crippen MR) is 244 cm³/mol. The van der Waals surface area contributed by atoms with Gasteiger partial charge in [-0.1, -0.05) is 41.9 Å². The predicted octanol–water partition coefficient (Wildman–Crippen LogP) is 6.82. The van der Waals surface area contributed by atoms with Crippen LogP contribution in [0.15, 0.2) is 97.3 Å². The number of para-hydroxylation sites is 1. The molecule has 1 aromatic heterocycles. The van der Waals surface area contributed by atoms with E-state index < -0.39 is 11.9 Å². The first-order valence-electron chi connectivity index (χ1n) is 22.0. The van der Waals surface area contributed by atoms with Crippen LogP contribution in [0.5, 0.6) is 17.2 Å². The molecular formula is C49H49ClN8O7. The lowest BCUT2D eigenvalue weighted by molar-refractivity contribution is -0.120. The SMILES string of the molecule is COc1ccc(C(=O)N2CCN(Cc3ccc(C(=O)N4CCC(Cc5ncnc6c5C(C(=O)c5ccc(Oc7ccccc7)cc5Cl)CN6)CC4)cc3)CC2)cc1N1CCC(=O)NC1=O. The Morgan fingerprint density at radius 2 is 1.51 bits per heavy atom. The van der Waals surface area contributed by atoms with Gasteiger partial charge in [-0.3, -0.25) is 34.3 Å². The molecule has 15 nitrogen and oxygen atoms in total. The van der Waals surface area contributed by atoms with Crippen LogP contribution in [0, 0.1) is 5.92 Å². The number of Topliss-reactive ketones (excluding diaryl/α,β-unsaturated/α-hetero) is 1. The van der Waals surface area contributed by atoms with Crippen LogP contribution < -0.4 is 25.0 Å². The molecule has 4 aliphatic rings. The number of ether oxygens (including phenoxy) is 2. The van der Waals surface area contributed by atoms with Gasteiger partial charge in [0.1, 0.15) is 29.4 Å². The summed E-state index contributed by atoms with van der Waals surface area (Å²) in [7, 11) is 1.50. The summed E-state index contributed by atoms with van der Waals surface area (Å²) in [4.78, 5) is 82.0. The molecule has 0 spiro atoms. The number of likely N-dealkylation sites (tertiary alicyclic amines) is 1. The Balaban J connectivity index is 0.753. The molecule has 0 radical (unpaired) electrons. The van der Waals surface area contributed by atoms with Gasteiger partial charge in [0.25, 0.3) is 11.8 Å². The number of rotatable bonds is 12. The lowest BCUT2D eigenvalue weighted by Crippen LogP contribution is -2.50. The number of nitrogens with zero attached hydrogens (tertiary/aromatic N) is 6. The summed E-state index contributed by atoms with van der Waals surface area (Å²) in [6.07, 6.45) is 4.02. The second-order valence-electron chi connectivity index (χ2n) is 16.8. The van der Waals surface area contributed by atoms with E-state index in [1.54, 1.807) is 42.7 Å². The zero-order valence-corrected chi connectivity index (χ0v) is 36.8. The maximum Gasteiger partial charge on any atom is 0.328 e. The van der Waals surface area contributed by atoms with E-state index in [1.165, 1.54) is 12.0 Å². The van der Waals surface area contributed by atoms with Crippen LogP contribution >= 0.6 is 11.6 Å². The van der Waals surface area contributed by atoms with Gasteiger partial charge < -0.3 is 24.6 Å². The Kier molecular flexibility index (Phi) is 12.8. The first-order chi connectivity index (χ1) is 31.6. The third-order valence-corrected chi connectivity index (χ3v) is 13.0. The molecule has 65 heavy (non-hydrogen) atoms. The van der Waals surface area contributed by atoms with Crippen LogP contribution in [0.4, 0.5) is 16.3 Å². The van der Waals surface area contributed by atoms with Gasteiger partial charge in [-0.05, 0) is 85.3 Å². The lowest BCUT2D eigenvalue weighted by atomic mass is 9.86. The third-order valence-electron chi connectivity index (χ3n) is 12.7. The number of piperazine rings is 1. The summed E-state index contributed by atoms with van der Waals surface area (Å²) in [5.74, 6) is 1.58. The number of benzene rings is 4. The van der Waals surface area contributed by atoms with Gasteiger partial charge in [-0.15, -0.1) is 0 Å². The number of ketones is 1. The van der Waals surface area contributed by atoms with E-state index in [0.717, 1.165) is 29.7 Å². The summed E-state index contributed by atoms with van der Waals surface area (Å²) >= 11 is 6.67. The van der Waals surface area contributed by atoms with Crippen LogP contribution in [0.25, 0.3) is 0 Å². The molecule has 3 fully saturated rings. The number of anilines is 2. The van der Waals surface area contributed by atoms with E-state index in [4.69, 9.17) is 21.1 Å². The van der Waals surface area contributed by atoms with Gasteiger partial charge in [0.2, 0.25) is 5.91 Å². The molecule has 1 unspecified atom stereocenters. The maximum absolute atomic E-state index is 14.0. The number of urea groups is 1. The van der Waals surface area contributed by atoms with E-state index in [0.29, 0.717) is 109 Å². The largest absolute Gasteiger partial charge is 0.495 e. The number of imide groups is 1. The van der Waals surface area contributed by atoms with Crippen LogP contribution in [-0.2, 0) is 17.8 Å². The van der Waals surface area contributed by atoms with E-state index >= 15 is 0 Å². The van der Waals surface area contributed by atoms with Gasteiger partial charge in [0, 0.05) is 93.6 Å². The van der Waals surface area contributed by atoms with Crippen LogP contribution in [0.1, 0.15) is 73.1 Å². The number of carbonyl (C=O) groups excluding carboxylic acids is 5. The lowest BCUT2D eigenvalue weighted by Gasteiger charge is -2.35. The van der Waals surface area contributed by atoms with Crippen molar-refractivity contribution < 1.29 is 33.4 Å². The molecule has 9 rings (SSSR count). The highest BCUT2D eigenvalue weighted by atomic mass is 35.5. The first kappa shape index (κ1) is 43.4. The molecule has 0 aliphatic carbocycles. The van der Waals surface area contributed by atoms with Gasteiger partial charge in [-0.25, -0.2) is 14.8 Å². The van der Waals surface area contributed by atoms with Crippen LogP contribution in [0.2, 0.25) is 5.02 Å². The molecule has 3 saturated heterocycles. The summed E-state index contributed by atoms with van der Waals surface area (Å²) < 4.78 is 11.4. The molecule has 16 heteroatoms. The average Bonchev–Trinajstić information content (AvgIpc) is 3.77. The van der Waals surface area contributed by atoms with E-state index in [9.17, 15) is 24.0 Å². The zero-order valence-electron chi connectivity index (χ0n) is 36.0. The number of hydrogen-bond acceptors (Lipinski definition) is 11. The molecule has 4 aromatic carbocycles. The van der Waals surface area contributed by atoms with Crippen molar-refractivity contribution in [1.29, 1.82) is 0 Å². The number of amides is 5. The highest BCUT2D eigenvalue weighted by molar-refractivity contribution is 6.34. The normalized spacial score (nSPS) is 17.9. The molecule has 0 bridgehead atoms. The van der Waals surface area contributed by atoms with Crippen molar-refractivity contribution >= 4 is 52.6 Å². The highest BCUT2D eigenvalue weighted by Crippen LogP contribution is 2.38. The first-order valence-corrected chi connectivity index (χ1v) is 22.3. The molecule has 334 valence electrons. The Hall–Kier alpha value is -6.84. The highest BCUT2D eigenvalue weighted by Gasteiger charge is 2.36. The smallest absolute Gasteiger partial charge is 0.328 e. The van der Waals surface area contributed by atoms with E-state index in [2.05, 4.69) is 25.5 Å². The maximum atomic E-state index is 14.0. The van der Waals surface area contributed by atoms with Crippen molar-refractivity contribution in [2.45, 2.75) is 38.1 Å². The quantitative estimate of drug-likeness (QED) is 0.126. The zero-order chi connectivity index (χ0) is 45.0. The number of aromatic nitrogens is 2. The molecule has 5 heterocycles. The fourth-order valence-corrected chi connectivity index (χ4v) is 9.39. The van der Waals surface area contributed by atoms with E-state index in [1.807, 2.05) is 64.4 Å². The second kappa shape index (κ2) is 19.1. The van der Waals surface area contributed by atoms with Crippen molar-refractivity contribution in [3.63, 3.8) is 0 Å². The fraction of sp³-hybridized carbons (Fsp3) is 0.327. The van der Waals surface area contributed by atoms with Gasteiger partial charge in [0.05, 0.1) is 29.4 Å². The van der Waals surface area contributed by atoms with Crippen molar-refractivity contribution in [1.82, 2.24) is 30.0 Å². The number of halogens is 1. The van der Waals surface area contributed by atoms with Crippen molar-refractivity contribution in [2.24, 2.45) is 5.92 Å². The standard InChI is InChI=1S/C49H49ClN8O7/c1-64-42-14-11-34(26-41(42)58-20-17-43(59)54-49(58)63)48(62)57-23-21-55(22-24-57)29-32-7-9-33(10-8-32)47(61)56-18-15-31(16-19-56)25-40-44-38(28-51-46(44)53-30-52-40)45(60)37-13-12-36(27-39(37)50)65-35-5-3-2-4-6-35/h2-14,26-27,30-31,38H,15-25,28-29H2,1H3,(H,51,52,53)(H,54,59,63). The van der Waals surface area contributed by atoms with Gasteiger partial charge >= 0.3 is 6.03 Å². The average molecular weight is 897 g/mol. The second-order valence-corrected chi connectivity index (χ2v) is 17.2. The summed E-state index contributed by atoms with van der Waals surface area (Å²) in [6, 6.07) is 26.8.